The number of benzene rings is 1. The van der Waals surface area contributed by atoms with Gasteiger partial charge in [-0.25, -0.2) is 4.39 Å². The Bertz CT molecular complexity index is 271. The molecule has 1 N–H and O–H groups in total. The second kappa shape index (κ2) is 3.68. The van der Waals surface area contributed by atoms with Crippen LogP contribution in [-0.2, 0) is 0 Å². The Labute approximate surface area is 71.9 Å². The minimum Gasteiger partial charge on any atom is -0.396 e. The van der Waals surface area contributed by atoms with E-state index in [9.17, 15) is 4.39 Å². The fourth-order valence-corrected chi connectivity index (χ4v) is 1.03. The van der Waals surface area contributed by atoms with Crippen LogP contribution in [0.15, 0.2) is 18.2 Å². The first-order valence-corrected chi connectivity index (χ1v) is 3.85. The predicted octanol–water partition coefficient (Wildman–Crippen LogP) is 2.04. The number of aliphatic hydroxyl groups is 1. The van der Waals surface area contributed by atoms with E-state index in [4.69, 9.17) is 5.11 Å². The molecule has 1 aromatic carbocycles. The average Bonchev–Trinajstić information content (AvgIpc) is 2.08. The minimum atomic E-state index is -0.219. The smallest absolute Gasteiger partial charge is 0.126 e. The second-order valence-electron chi connectivity index (χ2n) is 2.89. The number of aryl methyl sites for hydroxylation is 1. The summed E-state index contributed by atoms with van der Waals surface area (Å²) in [5, 5.41) is 8.79. The highest BCUT2D eigenvalue weighted by atomic mass is 19.1. The molecule has 1 atom stereocenters. The summed E-state index contributed by atoms with van der Waals surface area (Å²) in [7, 11) is 0. The van der Waals surface area contributed by atoms with Gasteiger partial charge in [0.25, 0.3) is 0 Å². The molecule has 0 aromatic heterocycles. The largest absolute Gasteiger partial charge is 0.396 e. The van der Waals surface area contributed by atoms with Crippen LogP contribution >= 0.6 is 0 Å². The van der Waals surface area contributed by atoms with Crippen molar-refractivity contribution in [1.29, 1.82) is 0 Å². The number of rotatable bonds is 2. The van der Waals surface area contributed by atoms with E-state index in [0.717, 1.165) is 5.56 Å². The van der Waals surface area contributed by atoms with Crippen LogP contribution in [0.3, 0.4) is 0 Å². The highest BCUT2D eigenvalue weighted by Gasteiger charge is 2.05. The first-order valence-electron chi connectivity index (χ1n) is 3.85. The van der Waals surface area contributed by atoms with Gasteiger partial charge in [-0.2, -0.15) is 0 Å². The molecule has 0 saturated carbocycles. The Kier molecular flexibility index (Phi) is 2.82. The molecule has 0 saturated heterocycles. The van der Waals surface area contributed by atoms with Crippen molar-refractivity contribution >= 4 is 0 Å². The Balaban J connectivity index is 2.96. The Morgan fingerprint density at radius 2 is 2.25 bits per heavy atom. The van der Waals surface area contributed by atoms with Crippen molar-refractivity contribution < 1.29 is 9.50 Å². The van der Waals surface area contributed by atoms with Gasteiger partial charge in [-0.15, -0.1) is 0 Å². The summed E-state index contributed by atoms with van der Waals surface area (Å²) in [6.07, 6.45) is 0. The van der Waals surface area contributed by atoms with E-state index in [-0.39, 0.29) is 18.3 Å². The molecule has 1 rings (SSSR count). The molecule has 0 spiro atoms. The maximum atomic E-state index is 12.8. The molecule has 1 aromatic rings. The summed E-state index contributed by atoms with van der Waals surface area (Å²) >= 11 is 0. The molecule has 0 fully saturated rings. The van der Waals surface area contributed by atoms with Gasteiger partial charge in [0.05, 0.1) is 0 Å². The van der Waals surface area contributed by atoms with Gasteiger partial charge in [-0.1, -0.05) is 12.1 Å². The van der Waals surface area contributed by atoms with Crippen LogP contribution in [-0.4, -0.2) is 11.7 Å². The SMILES string of the molecule is [CH2]C(CO)c1ccc(F)c(C)c1. The topological polar surface area (TPSA) is 20.2 Å². The molecule has 0 heterocycles. The third-order valence-electron chi connectivity index (χ3n) is 1.87. The fraction of sp³-hybridized carbons (Fsp3) is 0.300. The quantitative estimate of drug-likeness (QED) is 0.714. The van der Waals surface area contributed by atoms with Crippen LogP contribution in [0.4, 0.5) is 4.39 Å². The third kappa shape index (κ3) is 1.83. The monoisotopic (exact) mass is 167 g/mol. The summed E-state index contributed by atoms with van der Waals surface area (Å²) in [6.45, 7) is 5.41. The van der Waals surface area contributed by atoms with Crippen molar-refractivity contribution in [3.05, 3.63) is 42.1 Å². The number of aliphatic hydroxyl groups excluding tert-OH is 1. The van der Waals surface area contributed by atoms with E-state index in [1.54, 1.807) is 19.1 Å². The van der Waals surface area contributed by atoms with Crippen molar-refractivity contribution in [2.24, 2.45) is 0 Å². The standard InChI is InChI=1S/C10H12FO/c1-7-5-9(8(2)6-12)3-4-10(7)11/h3-5,8,12H,2,6H2,1H3. The van der Waals surface area contributed by atoms with Gasteiger partial charge in [-0.3, -0.25) is 0 Å². The predicted molar refractivity (Wildman–Crippen MR) is 46.3 cm³/mol. The van der Waals surface area contributed by atoms with Crippen molar-refractivity contribution in [2.75, 3.05) is 6.61 Å². The molecule has 0 aliphatic carbocycles. The van der Waals surface area contributed by atoms with Gasteiger partial charge in [0.1, 0.15) is 5.82 Å². The Morgan fingerprint density at radius 3 is 2.75 bits per heavy atom. The zero-order chi connectivity index (χ0) is 9.14. The first kappa shape index (κ1) is 9.20. The zero-order valence-corrected chi connectivity index (χ0v) is 7.05. The van der Waals surface area contributed by atoms with Crippen molar-refractivity contribution in [3.63, 3.8) is 0 Å². The molecular weight excluding hydrogens is 155 g/mol. The zero-order valence-electron chi connectivity index (χ0n) is 7.05. The fourth-order valence-electron chi connectivity index (χ4n) is 1.03. The average molecular weight is 167 g/mol. The van der Waals surface area contributed by atoms with E-state index in [2.05, 4.69) is 6.92 Å². The van der Waals surface area contributed by atoms with E-state index in [1.807, 2.05) is 0 Å². The maximum Gasteiger partial charge on any atom is 0.126 e. The number of hydrogen-bond donors (Lipinski definition) is 1. The van der Waals surface area contributed by atoms with Crippen LogP contribution in [0, 0.1) is 19.7 Å². The lowest BCUT2D eigenvalue weighted by Gasteiger charge is -2.08. The van der Waals surface area contributed by atoms with Gasteiger partial charge >= 0.3 is 0 Å². The van der Waals surface area contributed by atoms with Gasteiger partial charge < -0.3 is 5.11 Å². The molecule has 1 radical (unpaired) electrons. The number of halogens is 1. The van der Waals surface area contributed by atoms with E-state index >= 15 is 0 Å². The lowest BCUT2D eigenvalue weighted by Crippen LogP contribution is -1.99. The molecule has 65 valence electrons. The summed E-state index contributed by atoms with van der Waals surface area (Å²) in [5.74, 6) is -0.381. The molecule has 0 aliphatic heterocycles. The third-order valence-corrected chi connectivity index (χ3v) is 1.87. The van der Waals surface area contributed by atoms with Crippen molar-refractivity contribution in [2.45, 2.75) is 12.8 Å². The normalized spacial score (nSPS) is 13.0. The van der Waals surface area contributed by atoms with E-state index in [1.165, 1.54) is 6.07 Å². The Morgan fingerprint density at radius 1 is 1.58 bits per heavy atom. The van der Waals surface area contributed by atoms with Gasteiger partial charge in [0.2, 0.25) is 0 Å². The molecule has 0 amide bonds. The number of hydrogen-bond acceptors (Lipinski definition) is 1. The molecule has 12 heavy (non-hydrogen) atoms. The summed E-state index contributed by atoms with van der Waals surface area (Å²) < 4.78 is 12.8. The van der Waals surface area contributed by atoms with E-state index < -0.39 is 0 Å². The van der Waals surface area contributed by atoms with Crippen LogP contribution < -0.4 is 0 Å². The van der Waals surface area contributed by atoms with Crippen molar-refractivity contribution in [3.8, 4) is 0 Å². The highest BCUT2D eigenvalue weighted by Crippen LogP contribution is 2.17. The second-order valence-corrected chi connectivity index (χ2v) is 2.89. The van der Waals surface area contributed by atoms with Crippen LogP contribution in [0.2, 0.25) is 0 Å². The lowest BCUT2D eigenvalue weighted by atomic mass is 10.0. The summed E-state index contributed by atoms with van der Waals surface area (Å²) in [6, 6.07) is 4.76. The first-order chi connectivity index (χ1) is 5.65. The summed E-state index contributed by atoms with van der Waals surface area (Å²) in [5.41, 5.74) is 1.46. The van der Waals surface area contributed by atoms with Crippen LogP contribution in [0.25, 0.3) is 0 Å². The Hall–Kier alpha value is -0.890. The molecular formula is C10H12FO. The van der Waals surface area contributed by atoms with Crippen LogP contribution in [0.1, 0.15) is 17.0 Å². The maximum absolute atomic E-state index is 12.8. The van der Waals surface area contributed by atoms with E-state index in [0.29, 0.717) is 5.56 Å². The van der Waals surface area contributed by atoms with Gasteiger partial charge in [-0.05, 0) is 31.0 Å². The molecule has 0 bridgehead atoms. The molecule has 1 unspecified atom stereocenters. The molecule has 1 nitrogen and oxygen atoms in total. The lowest BCUT2D eigenvalue weighted by molar-refractivity contribution is 0.282. The highest BCUT2D eigenvalue weighted by molar-refractivity contribution is 5.27. The summed E-state index contributed by atoms with van der Waals surface area (Å²) in [4.78, 5) is 0. The van der Waals surface area contributed by atoms with Crippen molar-refractivity contribution in [1.82, 2.24) is 0 Å². The van der Waals surface area contributed by atoms with Gasteiger partial charge in [0, 0.05) is 12.5 Å². The van der Waals surface area contributed by atoms with Crippen LogP contribution in [0.5, 0.6) is 0 Å². The molecule has 0 aliphatic rings. The minimum absolute atomic E-state index is 0.00886. The molecule has 2 heteroatoms. The van der Waals surface area contributed by atoms with Gasteiger partial charge in [0.15, 0.2) is 0 Å².